The fourth-order valence-corrected chi connectivity index (χ4v) is 3.61. The van der Waals surface area contributed by atoms with Crippen LogP contribution < -0.4 is 5.32 Å². The number of likely N-dealkylation sites (N-methyl/N-ethyl adjacent to an activating group) is 1. The van der Waals surface area contributed by atoms with Gasteiger partial charge in [0.15, 0.2) is 0 Å². The minimum Gasteiger partial charge on any atom is -0.377 e. The maximum Gasteiger partial charge on any atom is 0.0834 e. The first kappa shape index (κ1) is 15.5. The first-order valence-corrected chi connectivity index (χ1v) is 8.04. The normalized spacial score (nSPS) is 19.8. The Bertz CT molecular complexity index is 410. The van der Waals surface area contributed by atoms with Gasteiger partial charge in [0.25, 0.3) is 0 Å². The third-order valence-electron chi connectivity index (χ3n) is 4.71. The largest absolute Gasteiger partial charge is 0.377 e. The van der Waals surface area contributed by atoms with Gasteiger partial charge in [-0.05, 0) is 38.3 Å². The van der Waals surface area contributed by atoms with Crippen molar-refractivity contribution < 1.29 is 4.74 Å². The van der Waals surface area contributed by atoms with Crippen LogP contribution in [0.25, 0.3) is 0 Å². The van der Waals surface area contributed by atoms with Crippen LogP contribution in [0, 0.1) is 6.92 Å². The molecule has 0 radical (unpaired) electrons. The lowest BCUT2D eigenvalue weighted by Gasteiger charge is -2.43. The van der Waals surface area contributed by atoms with Crippen LogP contribution in [0.4, 0.5) is 0 Å². The van der Waals surface area contributed by atoms with E-state index in [1.165, 1.54) is 43.2 Å². The van der Waals surface area contributed by atoms with Gasteiger partial charge in [0.05, 0.1) is 5.60 Å². The Morgan fingerprint density at radius 2 is 2.00 bits per heavy atom. The van der Waals surface area contributed by atoms with E-state index in [1.54, 1.807) is 0 Å². The standard InChI is InChI=1S/C18H29NO/c1-4-19-17(14-16-10-8-9-15(2)13-16)18(20-3)11-6-5-7-12-18/h8-10,13,17,19H,4-7,11-12,14H2,1-3H3. The minimum absolute atomic E-state index is 0.0258. The van der Waals surface area contributed by atoms with Crippen molar-refractivity contribution in [3.63, 3.8) is 0 Å². The van der Waals surface area contributed by atoms with E-state index < -0.39 is 0 Å². The molecular weight excluding hydrogens is 246 g/mol. The summed E-state index contributed by atoms with van der Waals surface area (Å²) in [6.45, 7) is 5.36. The van der Waals surface area contributed by atoms with Gasteiger partial charge in [0.1, 0.15) is 0 Å². The number of hydrogen-bond donors (Lipinski definition) is 1. The van der Waals surface area contributed by atoms with Gasteiger partial charge in [0, 0.05) is 13.2 Å². The van der Waals surface area contributed by atoms with E-state index in [0.29, 0.717) is 6.04 Å². The molecular formula is C18H29NO. The average Bonchev–Trinajstić information content (AvgIpc) is 2.47. The molecule has 1 aliphatic rings. The van der Waals surface area contributed by atoms with Crippen molar-refractivity contribution in [3.8, 4) is 0 Å². The van der Waals surface area contributed by atoms with Crippen LogP contribution in [0.3, 0.4) is 0 Å². The predicted molar refractivity (Wildman–Crippen MR) is 85.2 cm³/mol. The summed E-state index contributed by atoms with van der Waals surface area (Å²) >= 11 is 0. The first-order chi connectivity index (χ1) is 9.70. The molecule has 1 atom stereocenters. The van der Waals surface area contributed by atoms with Crippen LogP contribution >= 0.6 is 0 Å². The van der Waals surface area contributed by atoms with Crippen molar-refractivity contribution in [2.24, 2.45) is 0 Å². The van der Waals surface area contributed by atoms with Crippen molar-refractivity contribution in [2.45, 2.75) is 64.0 Å². The van der Waals surface area contributed by atoms with Gasteiger partial charge in [0.2, 0.25) is 0 Å². The molecule has 2 heteroatoms. The molecule has 1 aromatic carbocycles. The van der Waals surface area contributed by atoms with Gasteiger partial charge in [-0.1, -0.05) is 56.0 Å². The summed E-state index contributed by atoms with van der Waals surface area (Å²) in [5, 5.41) is 3.69. The number of hydrogen-bond acceptors (Lipinski definition) is 2. The van der Waals surface area contributed by atoms with E-state index in [9.17, 15) is 0 Å². The van der Waals surface area contributed by atoms with Crippen molar-refractivity contribution in [2.75, 3.05) is 13.7 Å². The SMILES string of the molecule is CCNC(Cc1cccc(C)c1)C1(OC)CCCCC1. The van der Waals surface area contributed by atoms with Gasteiger partial charge < -0.3 is 10.1 Å². The molecule has 0 aliphatic heterocycles. The number of nitrogens with one attached hydrogen (secondary N) is 1. The lowest BCUT2D eigenvalue weighted by atomic mass is 9.77. The molecule has 0 amide bonds. The minimum atomic E-state index is 0.0258. The number of aryl methyl sites for hydroxylation is 1. The van der Waals surface area contributed by atoms with Crippen molar-refractivity contribution >= 4 is 0 Å². The molecule has 0 aromatic heterocycles. The Morgan fingerprint density at radius 3 is 2.60 bits per heavy atom. The fraction of sp³-hybridized carbons (Fsp3) is 0.667. The van der Waals surface area contributed by atoms with Crippen molar-refractivity contribution in [3.05, 3.63) is 35.4 Å². The monoisotopic (exact) mass is 275 g/mol. The molecule has 1 saturated carbocycles. The van der Waals surface area contributed by atoms with Crippen LogP contribution in [-0.2, 0) is 11.2 Å². The molecule has 112 valence electrons. The van der Waals surface area contributed by atoms with Crippen LogP contribution in [0.2, 0.25) is 0 Å². The van der Waals surface area contributed by atoms with Gasteiger partial charge in [-0.15, -0.1) is 0 Å². The Morgan fingerprint density at radius 1 is 1.25 bits per heavy atom. The van der Waals surface area contributed by atoms with Crippen LogP contribution in [-0.4, -0.2) is 25.3 Å². The summed E-state index contributed by atoms with van der Waals surface area (Å²) in [6.07, 6.45) is 7.38. The van der Waals surface area contributed by atoms with Gasteiger partial charge in [-0.2, -0.15) is 0 Å². The van der Waals surface area contributed by atoms with Crippen LogP contribution in [0.5, 0.6) is 0 Å². The molecule has 0 spiro atoms. The Balaban J connectivity index is 2.16. The van der Waals surface area contributed by atoms with E-state index in [-0.39, 0.29) is 5.60 Å². The zero-order valence-electron chi connectivity index (χ0n) is 13.2. The lowest BCUT2D eigenvalue weighted by molar-refractivity contribution is -0.0669. The average molecular weight is 275 g/mol. The van der Waals surface area contributed by atoms with Crippen LogP contribution in [0.1, 0.15) is 50.2 Å². The second kappa shape index (κ2) is 7.24. The number of ether oxygens (including phenoxy) is 1. The molecule has 0 bridgehead atoms. The van der Waals surface area contributed by atoms with Gasteiger partial charge in [-0.3, -0.25) is 0 Å². The fourth-order valence-electron chi connectivity index (χ4n) is 3.61. The summed E-state index contributed by atoms with van der Waals surface area (Å²) in [4.78, 5) is 0. The summed E-state index contributed by atoms with van der Waals surface area (Å²) in [6, 6.07) is 9.28. The van der Waals surface area contributed by atoms with E-state index >= 15 is 0 Å². The predicted octanol–water partition coefficient (Wildman–Crippen LogP) is 3.86. The molecule has 20 heavy (non-hydrogen) atoms. The highest BCUT2D eigenvalue weighted by Gasteiger charge is 2.39. The molecule has 2 nitrogen and oxygen atoms in total. The van der Waals surface area contributed by atoms with Gasteiger partial charge in [-0.25, -0.2) is 0 Å². The smallest absolute Gasteiger partial charge is 0.0834 e. The zero-order chi connectivity index (χ0) is 14.4. The summed E-state index contributed by atoms with van der Waals surface area (Å²) < 4.78 is 6.03. The molecule has 1 aromatic rings. The van der Waals surface area contributed by atoms with E-state index in [0.717, 1.165) is 13.0 Å². The van der Waals surface area contributed by atoms with E-state index in [1.807, 2.05) is 7.11 Å². The summed E-state index contributed by atoms with van der Waals surface area (Å²) in [7, 11) is 1.89. The molecule has 1 unspecified atom stereocenters. The van der Waals surface area contributed by atoms with Crippen molar-refractivity contribution in [1.29, 1.82) is 0 Å². The van der Waals surface area contributed by atoms with E-state index in [4.69, 9.17) is 4.74 Å². The molecule has 1 N–H and O–H groups in total. The van der Waals surface area contributed by atoms with Crippen LogP contribution in [0.15, 0.2) is 24.3 Å². The third kappa shape index (κ3) is 3.62. The second-order valence-corrected chi connectivity index (χ2v) is 6.13. The highest BCUT2D eigenvalue weighted by molar-refractivity contribution is 5.23. The Labute approximate surface area is 123 Å². The van der Waals surface area contributed by atoms with E-state index in [2.05, 4.69) is 43.4 Å². The Hall–Kier alpha value is -0.860. The second-order valence-electron chi connectivity index (χ2n) is 6.13. The van der Waals surface area contributed by atoms with Gasteiger partial charge >= 0.3 is 0 Å². The molecule has 0 heterocycles. The quantitative estimate of drug-likeness (QED) is 0.851. The maximum atomic E-state index is 6.03. The molecule has 1 fully saturated rings. The number of methoxy groups -OCH3 is 1. The highest BCUT2D eigenvalue weighted by atomic mass is 16.5. The summed E-state index contributed by atoms with van der Waals surface area (Å²) in [5.74, 6) is 0. The summed E-state index contributed by atoms with van der Waals surface area (Å²) in [5.41, 5.74) is 2.78. The number of benzene rings is 1. The zero-order valence-corrected chi connectivity index (χ0v) is 13.2. The third-order valence-corrected chi connectivity index (χ3v) is 4.71. The van der Waals surface area contributed by atoms with Crippen molar-refractivity contribution in [1.82, 2.24) is 5.32 Å². The molecule has 1 aliphatic carbocycles. The maximum absolute atomic E-state index is 6.03. The lowest BCUT2D eigenvalue weighted by Crippen LogP contribution is -2.54. The topological polar surface area (TPSA) is 21.3 Å². The highest BCUT2D eigenvalue weighted by Crippen LogP contribution is 2.35. The Kier molecular flexibility index (Phi) is 5.62. The molecule has 2 rings (SSSR count). The molecule has 0 saturated heterocycles. The number of rotatable bonds is 6. The first-order valence-electron chi connectivity index (χ1n) is 8.04.